The predicted molar refractivity (Wildman–Crippen MR) is 132 cm³/mol. The molecule has 0 aliphatic carbocycles. The minimum Gasteiger partial charge on any atom is -0.365 e. The molecule has 0 amide bonds. The van der Waals surface area contributed by atoms with Crippen molar-refractivity contribution in [2.75, 3.05) is 51.7 Å². The normalized spacial score (nSPS) is 16.1. The Hall–Kier alpha value is -3.34. The molecule has 4 aromatic rings. The number of benzene rings is 1. The number of rotatable bonds is 9. The number of anilines is 2. The molecule has 1 aromatic carbocycles. The number of likely N-dealkylation sites (N-methyl/N-ethyl adjacent to an activating group) is 1. The van der Waals surface area contributed by atoms with Gasteiger partial charge in [0.15, 0.2) is 17.5 Å². The van der Waals surface area contributed by atoms with Gasteiger partial charge >= 0.3 is 0 Å². The van der Waals surface area contributed by atoms with E-state index in [9.17, 15) is 4.39 Å². The molecule has 10 heteroatoms. The highest BCUT2D eigenvalue weighted by atomic mass is 19.1. The van der Waals surface area contributed by atoms with Crippen molar-refractivity contribution in [2.45, 2.75) is 19.4 Å². The molecule has 1 unspecified atom stereocenters. The number of H-pyrrole nitrogens is 1. The molecule has 0 saturated carbocycles. The Bertz CT molecular complexity index is 1250. The van der Waals surface area contributed by atoms with Gasteiger partial charge in [-0.3, -0.25) is 5.10 Å². The molecule has 1 fully saturated rings. The molecule has 5 rings (SSSR count). The first-order chi connectivity index (χ1) is 17.0. The molecule has 2 N–H and O–H groups in total. The quantitative estimate of drug-likeness (QED) is 0.357. The number of nitrogens with zero attached hydrogens (tertiary/aromatic N) is 6. The molecular weight excluding hydrogens is 447 g/mol. The van der Waals surface area contributed by atoms with E-state index in [4.69, 9.17) is 14.8 Å². The van der Waals surface area contributed by atoms with Crippen LogP contribution < -0.4 is 5.32 Å². The topological polar surface area (TPSA) is 86.6 Å². The van der Waals surface area contributed by atoms with Gasteiger partial charge in [0.1, 0.15) is 17.4 Å². The standard InChI is InChI=1S/C25H31FN8O/c1-18-17-22(30-29-18)27-24-21-5-3-11-34(21)31-25(28-24)23(19-6-8-20(26)9-7-19)35-16-4-10-33-14-12-32(2)13-15-33/h3,5-9,11,17,23H,4,10,12-16H2,1-2H3,(H2,27,28,29,30,31). The Morgan fingerprint density at radius 1 is 1.14 bits per heavy atom. The van der Waals surface area contributed by atoms with E-state index in [0.29, 0.717) is 24.1 Å². The second-order valence-electron chi connectivity index (χ2n) is 9.02. The minimum atomic E-state index is -0.531. The molecule has 4 heterocycles. The summed E-state index contributed by atoms with van der Waals surface area (Å²) < 4.78 is 21.8. The maximum absolute atomic E-state index is 13.7. The van der Waals surface area contributed by atoms with Gasteiger partial charge in [0.25, 0.3) is 0 Å². The molecule has 1 aliphatic rings. The lowest BCUT2D eigenvalue weighted by molar-refractivity contribution is 0.0609. The van der Waals surface area contributed by atoms with Crippen LogP contribution in [0.1, 0.15) is 29.6 Å². The number of piperazine rings is 1. The van der Waals surface area contributed by atoms with Crippen LogP contribution >= 0.6 is 0 Å². The molecule has 1 saturated heterocycles. The highest BCUT2D eigenvalue weighted by Crippen LogP contribution is 2.27. The maximum atomic E-state index is 13.7. The van der Waals surface area contributed by atoms with Gasteiger partial charge in [-0.2, -0.15) is 5.10 Å². The second kappa shape index (κ2) is 10.5. The van der Waals surface area contributed by atoms with E-state index < -0.39 is 6.10 Å². The molecule has 3 aromatic heterocycles. The van der Waals surface area contributed by atoms with E-state index in [2.05, 4.69) is 32.4 Å². The smallest absolute Gasteiger partial charge is 0.184 e. The molecule has 1 atom stereocenters. The largest absolute Gasteiger partial charge is 0.365 e. The van der Waals surface area contributed by atoms with Gasteiger partial charge in [0.05, 0.1) is 0 Å². The number of nitrogens with one attached hydrogen (secondary N) is 2. The molecular formula is C25H31FN8O. The summed E-state index contributed by atoms with van der Waals surface area (Å²) in [6, 6.07) is 12.1. The Kier molecular flexibility index (Phi) is 7.03. The fourth-order valence-corrected chi connectivity index (χ4v) is 4.28. The Morgan fingerprint density at radius 3 is 2.69 bits per heavy atom. The van der Waals surface area contributed by atoms with Crippen LogP contribution in [-0.2, 0) is 4.74 Å². The van der Waals surface area contributed by atoms with E-state index in [1.807, 2.05) is 31.3 Å². The third-order valence-corrected chi connectivity index (χ3v) is 6.27. The number of hydrogen-bond donors (Lipinski definition) is 2. The summed E-state index contributed by atoms with van der Waals surface area (Å²) in [6.45, 7) is 7.80. The minimum absolute atomic E-state index is 0.291. The maximum Gasteiger partial charge on any atom is 0.184 e. The van der Waals surface area contributed by atoms with E-state index in [-0.39, 0.29) is 5.82 Å². The summed E-state index contributed by atoms with van der Waals surface area (Å²) in [5.41, 5.74) is 2.57. The van der Waals surface area contributed by atoms with Crippen molar-refractivity contribution in [3.63, 3.8) is 0 Å². The number of halogens is 1. The van der Waals surface area contributed by atoms with E-state index in [1.165, 1.54) is 12.1 Å². The monoisotopic (exact) mass is 478 g/mol. The first-order valence-corrected chi connectivity index (χ1v) is 12.0. The first kappa shape index (κ1) is 23.4. The molecule has 35 heavy (non-hydrogen) atoms. The number of ether oxygens (including phenoxy) is 1. The van der Waals surface area contributed by atoms with Crippen molar-refractivity contribution in [1.82, 2.24) is 34.6 Å². The molecule has 9 nitrogen and oxygen atoms in total. The van der Waals surface area contributed by atoms with Gasteiger partial charge < -0.3 is 19.9 Å². The van der Waals surface area contributed by atoms with Crippen molar-refractivity contribution in [3.05, 3.63) is 71.6 Å². The van der Waals surface area contributed by atoms with Gasteiger partial charge in [-0.05, 0) is 50.2 Å². The Balaban J connectivity index is 1.37. The number of aromatic nitrogens is 5. The highest BCUT2D eigenvalue weighted by molar-refractivity contribution is 5.72. The second-order valence-corrected chi connectivity index (χ2v) is 9.02. The number of hydrogen-bond acceptors (Lipinski definition) is 7. The zero-order valence-electron chi connectivity index (χ0n) is 20.1. The molecule has 1 aliphatic heterocycles. The van der Waals surface area contributed by atoms with E-state index in [1.54, 1.807) is 16.6 Å². The average Bonchev–Trinajstić information content (AvgIpc) is 3.50. The van der Waals surface area contributed by atoms with Crippen LogP contribution in [0.2, 0.25) is 0 Å². The van der Waals surface area contributed by atoms with Crippen LogP contribution in [0, 0.1) is 12.7 Å². The fourth-order valence-electron chi connectivity index (χ4n) is 4.28. The van der Waals surface area contributed by atoms with Crippen LogP contribution in [0.15, 0.2) is 48.7 Å². The summed E-state index contributed by atoms with van der Waals surface area (Å²) >= 11 is 0. The van der Waals surface area contributed by atoms with Crippen molar-refractivity contribution in [2.24, 2.45) is 0 Å². The van der Waals surface area contributed by atoms with Crippen molar-refractivity contribution in [1.29, 1.82) is 0 Å². The summed E-state index contributed by atoms with van der Waals surface area (Å²) in [4.78, 5) is 9.64. The van der Waals surface area contributed by atoms with Crippen LogP contribution in [0.4, 0.5) is 16.0 Å². The summed E-state index contributed by atoms with van der Waals surface area (Å²) in [5.74, 6) is 1.50. The van der Waals surface area contributed by atoms with Crippen LogP contribution in [-0.4, -0.2) is 81.0 Å². The zero-order valence-corrected chi connectivity index (χ0v) is 20.1. The van der Waals surface area contributed by atoms with Gasteiger partial charge in [-0.1, -0.05) is 12.1 Å². The summed E-state index contributed by atoms with van der Waals surface area (Å²) in [6.07, 6.45) is 2.23. The lowest BCUT2D eigenvalue weighted by atomic mass is 10.1. The lowest BCUT2D eigenvalue weighted by Gasteiger charge is -2.32. The Labute approximate surface area is 203 Å². The van der Waals surface area contributed by atoms with E-state index in [0.717, 1.165) is 55.9 Å². The van der Waals surface area contributed by atoms with Gasteiger partial charge in [-0.25, -0.2) is 13.9 Å². The average molecular weight is 479 g/mol. The first-order valence-electron chi connectivity index (χ1n) is 12.0. The number of fused-ring (bicyclic) bond motifs is 1. The van der Waals surface area contributed by atoms with Crippen molar-refractivity contribution >= 4 is 17.2 Å². The SMILES string of the molecule is Cc1cc(Nc2nc(C(OCCCN3CCN(C)CC3)c3ccc(F)cc3)nn3cccc23)n[nH]1. The number of aryl methyl sites for hydroxylation is 1. The fraction of sp³-hybridized carbons (Fsp3) is 0.400. The Morgan fingerprint density at radius 2 is 1.94 bits per heavy atom. The highest BCUT2D eigenvalue weighted by Gasteiger charge is 2.22. The molecule has 0 radical (unpaired) electrons. The molecule has 184 valence electrons. The van der Waals surface area contributed by atoms with Crippen molar-refractivity contribution in [3.8, 4) is 0 Å². The predicted octanol–water partition coefficient (Wildman–Crippen LogP) is 3.39. The molecule has 0 spiro atoms. The summed E-state index contributed by atoms with van der Waals surface area (Å²) in [7, 11) is 2.16. The zero-order chi connectivity index (χ0) is 24.2. The van der Waals surface area contributed by atoms with Gasteiger partial charge in [0.2, 0.25) is 0 Å². The van der Waals surface area contributed by atoms with Crippen LogP contribution in [0.5, 0.6) is 0 Å². The molecule has 0 bridgehead atoms. The summed E-state index contributed by atoms with van der Waals surface area (Å²) in [5, 5.41) is 15.2. The van der Waals surface area contributed by atoms with Crippen molar-refractivity contribution < 1.29 is 9.13 Å². The third kappa shape index (κ3) is 5.67. The van der Waals surface area contributed by atoms with E-state index >= 15 is 0 Å². The van der Waals surface area contributed by atoms with Crippen LogP contribution in [0.25, 0.3) is 5.52 Å². The van der Waals surface area contributed by atoms with Gasteiger partial charge in [-0.15, -0.1) is 5.10 Å². The third-order valence-electron chi connectivity index (χ3n) is 6.27. The number of aromatic amines is 1. The lowest BCUT2D eigenvalue weighted by Crippen LogP contribution is -2.44. The van der Waals surface area contributed by atoms with Crippen LogP contribution in [0.3, 0.4) is 0 Å². The van der Waals surface area contributed by atoms with Gasteiger partial charge in [0, 0.05) is 57.3 Å².